The van der Waals surface area contributed by atoms with Crippen LogP contribution in [0.1, 0.15) is 59.3 Å². The fraction of sp³-hybridized carbons (Fsp3) is 0.938. The third-order valence-corrected chi connectivity index (χ3v) is 4.16. The van der Waals surface area contributed by atoms with Crippen molar-refractivity contribution >= 4 is 0 Å². The standard InChI is InChI=1S/C16H30N2O/c1-4-10-18-16(13-17)9-5-6-15(16)8-12-19-11-7-14(2)3/h14-15,18H,4-12H2,1-3H3. The molecule has 0 aromatic heterocycles. The number of rotatable bonds is 9. The fourth-order valence-electron chi connectivity index (χ4n) is 2.88. The van der Waals surface area contributed by atoms with Crippen molar-refractivity contribution in [3.8, 4) is 6.07 Å². The van der Waals surface area contributed by atoms with E-state index in [0.717, 1.165) is 51.9 Å². The van der Waals surface area contributed by atoms with Crippen molar-refractivity contribution < 1.29 is 4.74 Å². The summed E-state index contributed by atoms with van der Waals surface area (Å²) in [6.45, 7) is 9.18. The molecule has 1 fully saturated rings. The molecule has 0 aromatic rings. The van der Waals surface area contributed by atoms with Crippen LogP contribution in [0.2, 0.25) is 0 Å². The summed E-state index contributed by atoms with van der Waals surface area (Å²) in [4.78, 5) is 0. The van der Waals surface area contributed by atoms with Crippen LogP contribution in [0.4, 0.5) is 0 Å². The predicted octanol–water partition coefficient (Wildman–Crippen LogP) is 3.50. The molecular weight excluding hydrogens is 236 g/mol. The summed E-state index contributed by atoms with van der Waals surface area (Å²) in [5.41, 5.74) is -0.280. The molecule has 3 nitrogen and oxygen atoms in total. The van der Waals surface area contributed by atoms with Gasteiger partial charge in [-0.2, -0.15) is 5.26 Å². The van der Waals surface area contributed by atoms with Gasteiger partial charge in [-0.05, 0) is 50.5 Å². The molecule has 0 aliphatic heterocycles. The smallest absolute Gasteiger partial charge is 0.109 e. The molecule has 0 spiro atoms. The van der Waals surface area contributed by atoms with E-state index in [1.807, 2.05) is 0 Å². The van der Waals surface area contributed by atoms with Crippen LogP contribution in [0.3, 0.4) is 0 Å². The Labute approximate surface area is 118 Å². The van der Waals surface area contributed by atoms with Crippen LogP contribution in [0.15, 0.2) is 0 Å². The van der Waals surface area contributed by atoms with Crippen LogP contribution < -0.4 is 5.32 Å². The van der Waals surface area contributed by atoms with Gasteiger partial charge in [0.15, 0.2) is 0 Å². The molecule has 1 saturated carbocycles. The Balaban J connectivity index is 2.32. The van der Waals surface area contributed by atoms with Crippen LogP contribution in [-0.4, -0.2) is 25.3 Å². The van der Waals surface area contributed by atoms with Crippen molar-refractivity contribution in [2.75, 3.05) is 19.8 Å². The first-order valence-corrected chi connectivity index (χ1v) is 7.88. The second-order valence-electron chi connectivity index (χ2n) is 6.18. The topological polar surface area (TPSA) is 45.0 Å². The van der Waals surface area contributed by atoms with Crippen molar-refractivity contribution in [3.05, 3.63) is 0 Å². The molecule has 0 aromatic carbocycles. The van der Waals surface area contributed by atoms with Gasteiger partial charge in [-0.1, -0.05) is 27.2 Å². The number of nitrogens with zero attached hydrogens (tertiary/aromatic N) is 1. The average molecular weight is 266 g/mol. The van der Waals surface area contributed by atoms with E-state index >= 15 is 0 Å². The van der Waals surface area contributed by atoms with E-state index < -0.39 is 0 Å². The summed E-state index contributed by atoms with van der Waals surface area (Å²) in [5.74, 6) is 1.17. The van der Waals surface area contributed by atoms with Gasteiger partial charge in [0.05, 0.1) is 6.07 Å². The van der Waals surface area contributed by atoms with Gasteiger partial charge in [0.2, 0.25) is 0 Å². The Bertz CT molecular complexity index is 285. The van der Waals surface area contributed by atoms with Crippen LogP contribution in [0.25, 0.3) is 0 Å². The van der Waals surface area contributed by atoms with E-state index in [1.165, 1.54) is 6.42 Å². The third-order valence-electron chi connectivity index (χ3n) is 4.16. The molecule has 1 aliphatic rings. The monoisotopic (exact) mass is 266 g/mol. The Morgan fingerprint density at radius 1 is 1.42 bits per heavy atom. The van der Waals surface area contributed by atoms with Gasteiger partial charge >= 0.3 is 0 Å². The zero-order valence-corrected chi connectivity index (χ0v) is 12.9. The number of hydrogen-bond acceptors (Lipinski definition) is 3. The van der Waals surface area contributed by atoms with Crippen molar-refractivity contribution in [3.63, 3.8) is 0 Å². The lowest BCUT2D eigenvalue weighted by Crippen LogP contribution is -2.47. The summed E-state index contributed by atoms with van der Waals surface area (Å²) < 4.78 is 5.71. The summed E-state index contributed by atoms with van der Waals surface area (Å²) in [6, 6.07) is 2.55. The maximum atomic E-state index is 9.54. The van der Waals surface area contributed by atoms with E-state index in [4.69, 9.17) is 4.74 Å². The van der Waals surface area contributed by atoms with Gasteiger partial charge in [0, 0.05) is 13.2 Å². The highest BCUT2D eigenvalue weighted by atomic mass is 16.5. The minimum Gasteiger partial charge on any atom is -0.381 e. The van der Waals surface area contributed by atoms with Gasteiger partial charge < -0.3 is 4.74 Å². The quantitative estimate of drug-likeness (QED) is 0.650. The first-order chi connectivity index (χ1) is 9.14. The molecule has 2 atom stereocenters. The highest BCUT2D eigenvalue weighted by Crippen LogP contribution is 2.37. The van der Waals surface area contributed by atoms with Crippen molar-refractivity contribution in [1.82, 2.24) is 5.32 Å². The number of ether oxygens (including phenoxy) is 1. The van der Waals surface area contributed by atoms with E-state index in [9.17, 15) is 5.26 Å². The van der Waals surface area contributed by atoms with Gasteiger partial charge in [-0.3, -0.25) is 5.32 Å². The number of nitriles is 1. The lowest BCUT2D eigenvalue weighted by molar-refractivity contribution is 0.103. The van der Waals surface area contributed by atoms with Gasteiger partial charge in [-0.25, -0.2) is 0 Å². The number of nitrogens with one attached hydrogen (secondary N) is 1. The molecule has 1 rings (SSSR count). The second-order valence-corrected chi connectivity index (χ2v) is 6.18. The third kappa shape index (κ3) is 5.12. The maximum absolute atomic E-state index is 9.54. The number of hydrogen-bond donors (Lipinski definition) is 1. The SMILES string of the molecule is CCCNC1(C#N)CCCC1CCOCCC(C)C. The van der Waals surface area contributed by atoms with Crippen molar-refractivity contribution in [2.45, 2.75) is 64.8 Å². The highest BCUT2D eigenvalue weighted by molar-refractivity contribution is 5.13. The first-order valence-electron chi connectivity index (χ1n) is 7.88. The van der Waals surface area contributed by atoms with E-state index in [0.29, 0.717) is 11.8 Å². The Morgan fingerprint density at radius 2 is 2.21 bits per heavy atom. The minimum absolute atomic E-state index is 0.280. The molecule has 0 bridgehead atoms. The molecule has 110 valence electrons. The predicted molar refractivity (Wildman–Crippen MR) is 78.9 cm³/mol. The molecule has 0 heterocycles. The first kappa shape index (κ1) is 16.5. The molecule has 0 amide bonds. The summed E-state index contributed by atoms with van der Waals surface area (Å²) >= 11 is 0. The molecule has 3 heteroatoms. The largest absolute Gasteiger partial charge is 0.381 e. The normalized spacial score (nSPS) is 26.8. The Morgan fingerprint density at radius 3 is 2.84 bits per heavy atom. The van der Waals surface area contributed by atoms with Crippen LogP contribution in [0.5, 0.6) is 0 Å². The molecule has 0 radical (unpaired) electrons. The molecular formula is C16H30N2O. The average Bonchev–Trinajstić information content (AvgIpc) is 2.79. The highest BCUT2D eigenvalue weighted by Gasteiger charge is 2.42. The summed E-state index contributed by atoms with van der Waals surface area (Å²) in [6.07, 6.45) is 6.56. The lowest BCUT2D eigenvalue weighted by Gasteiger charge is -2.30. The van der Waals surface area contributed by atoms with E-state index in [-0.39, 0.29) is 5.54 Å². The van der Waals surface area contributed by atoms with Crippen LogP contribution in [0, 0.1) is 23.2 Å². The van der Waals surface area contributed by atoms with Gasteiger partial charge in [0.25, 0.3) is 0 Å². The summed E-state index contributed by atoms with van der Waals surface area (Å²) in [7, 11) is 0. The molecule has 19 heavy (non-hydrogen) atoms. The minimum atomic E-state index is -0.280. The summed E-state index contributed by atoms with van der Waals surface area (Å²) in [5, 5.41) is 13.0. The Hall–Kier alpha value is -0.590. The van der Waals surface area contributed by atoms with Gasteiger partial charge in [0.1, 0.15) is 5.54 Å². The maximum Gasteiger partial charge on any atom is 0.109 e. The van der Waals surface area contributed by atoms with E-state index in [1.54, 1.807) is 0 Å². The molecule has 0 saturated heterocycles. The zero-order chi connectivity index (χ0) is 14.1. The molecule has 1 N–H and O–H groups in total. The van der Waals surface area contributed by atoms with Gasteiger partial charge in [-0.15, -0.1) is 0 Å². The van der Waals surface area contributed by atoms with E-state index in [2.05, 4.69) is 32.2 Å². The zero-order valence-electron chi connectivity index (χ0n) is 12.9. The lowest BCUT2D eigenvalue weighted by atomic mass is 9.86. The van der Waals surface area contributed by atoms with Crippen molar-refractivity contribution in [2.24, 2.45) is 11.8 Å². The van der Waals surface area contributed by atoms with Crippen LogP contribution >= 0.6 is 0 Å². The van der Waals surface area contributed by atoms with Crippen LogP contribution in [-0.2, 0) is 4.74 Å². The molecule has 1 aliphatic carbocycles. The van der Waals surface area contributed by atoms with Crippen molar-refractivity contribution in [1.29, 1.82) is 5.26 Å². The Kier molecular flexibility index (Phi) is 7.41. The second kappa shape index (κ2) is 8.55. The fourth-order valence-corrected chi connectivity index (χ4v) is 2.88. The molecule has 2 unspecified atom stereocenters.